The summed E-state index contributed by atoms with van der Waals surface area (Å²) in [7, 11) is 0. The van der Waals surface area contributed by atoms with Crippen molar-refractivity contribution in [2.75, 3.05) is 11.9 Å². The quantitative estimate of drug-likeness (QED) is 0.684. The number of imide groups is 1. The number of carboxylic acid groups (broad SMARTS) is 1. The summed E-state index contributed by atoms with van der Waals surface area (Å²) < 4.78 is 0. The predicted octanol–water partition coefficient (Wildman–Crippen LogP) is 1.29. The van der Waals surface area contributed by atoms with E-state index in [1.165, 1.54) is 12.1 Å². The summed E-state index contributed by atoms with van der Waals surface area (Å²) in [4.78, 5) is 35.5. The highest BCUT2D eigenvalue weighted by Gasteiger charge is 2.30. The third-order valence-corrected chi connectivity index (χ3v) is 3.06. The number of nitrogens with one attached hydrogen (secondary N) is 1. The number of phenols is 1. The van der Waals surface area contributed by atoms with Gasteiger partial charge < -0.3 is 15.5 Å². The molecule has 0 aromatic heterocycles. The molecule has 1 aromatic carbocycles. The molecule has 0 aliphatic carbocycles. The molecule has 120 valence electrons. The summed E-state index contributed by atoms with van der Waals surface area (Å²) >= 11 is 0. The van der Waals surface area contributed by atoms with Gasteiger partial charge in [0.05, 0.1) is 0 Å². The maximum absolute atomic E-state index is 12.5. The standard InChI is InChI=1S/C15H20N2O5/c1-9(2)14(16-11-4-6-12(19)7-5-11)15(22)17(10(3)18)8-13(20)21/h4-7,9,14,16,19H,8H2,1-3H3,(H,20,21). The molecule has 22 heavy (non-hydrogen) atoms. The van der Waals surface area contributed by atoms with Crippen LogP contribution >= 0.6 is 0 Å². The van der Waals surface area contributed by atoms with Crippen molar-refractivity contribution >= 4 is 23.5 Å². The number of benzene rings is 1. The van der Waals surface area contributed by atoms with Crippen molar-refractivity contribution in [3.05, 3.63) is 24.3 Å². The number of hydrogen-bond donors (Lipinski definition) is 3. The number of carboxylic acids is 1. The first-order chi connectivity index (χ1) is 10.2. The fourth-order valence-electron chi connectivity index (χ4n) is 1.90. The maximum atomic E-state index is 12.5. The van der Waals surface area contributed by atoms with Crippen molar-refractivity contribution in [2.45, 2.75) is 26.8 Å². The molecule has 0 fully saturated rings. The van der Waals surface area contributed by atoms with E-state index < -0.39 is 30.4 Å². The minimum Gasteiger partial charge on any atom is -0.508 e. The number of carbonyl (C=O) groups excluding carboxylic acids is 2. The SMILES string of the molecule is CC(=O)N(CC(=O)O)C(=O)C(Nc1ccc(O)cc1)C(C)C. The molecular weight excluding hydrogens is 288 g/mol. The molecular formula is C15H20N2O5. The smallest absolute Gasteiger partial charge is 0.323 e. The summed E-state index contributed by atoms with van der Waals surface area (Å²) in [6, 6.07) is 5.35. The fraction of sp³-hybridized carbons (Fsp3) is 0.400. The van der Waals surface area contributed by atoms with Crippen LogP contribution in [0, 0.1) is 5.92 Å². The number of hydrogen-bond acceptors (Lipinski definition) is 5. The largest absolute Gasteiger partial charge is 0.508 e. The van der Waals surface area contributed by atoms with Gasteiger partial charge in [0.2, 0.25) is 5.91 Å². The van der Waals surface area contributed by atoms with Crippen molar-refractivity contribution in [1.82, 2.24) is 4.90 Å². The zero-order chi connectivity index (χ0) is 16.9. The van der Waals surface area contributed by atoms with E-state index in [1.54, 1.807) is 26.0 Å². The monoisotopic (exact) mass is 308 g/mol. The second-order valence-corrected chi connectivity index (χ2v) is 5.25. The Morgan fingerprint density at radius 2 is 1.73 bits per heavy atom. The lowest BCUT2D eigenvalue weighted by atomic mass is 10.0. The zero-order valence-corrected chi connectivity index (χ0v) is 12.7. The fourth-order valence-corrected chi connectivity index (χ4v) is 1.90. The van der Waals surface area contributed by atoms with Crippen LogP contribution in [0.4, 0.5) is 5.69 Å². The molecule has 7 nitrogen and oxygen atoms in total. The third kappa shape index (κ3) is 4.76. The molecule has 0 heterocycles. The molecule has 3 N–H and O–H groups in total. The summed E-state index contributed by atoms with van der Waals surface area (Å²) in [6.45, 7) is 4.05. The summed E-state index contributed by atoms with van der Waals surface area (Å²) in [5.74, 6) is -2.55. The molecule has 0 saturated carbocycles. The van der Waals surface area contributed by atoms with Crippen LogP contribution < -0.4 is 5.32 Å². The van der Waals surface area contributed by atoms with Crippen LogP contribution in [0.3, 0.4) is 0 Å². The molecule has 0 radical (unpaired) electrons. The minimum atomic E-state index is -1.25. The average molecular weight is 308 g/mol. The van der Waals surface area contributed by atoms with Gasteiger partial charge in [-0.25, -0.2) is 0 Å². The number of rotatable bonds is 6. The molecule has 0 bridgehead atoms. The molecule has 1 unspecified atom stereocenters. The highest BCUT2D eigenvalue weighted by atomic mass is 16.4. The first kappa shape index (κ1) is 17.5. The van der Waals surface area contributed by atoms with Gasteiger partial charge in [0.1, 0.15) is 18.3 Å². The van der Waals surface area contributed by atoms with Gasteiger partial charge in [0.15, 0.2) is 0 Å². The number of phenolic OH excluding ortho intramolecular Hbond substituents is 1. The van der Waals surface area contributed by atoms with E-state index in [9.17, 15) is 19.5 Å². The number of aromatic hydroxyl groups is 1. The predicted molar refractivity (Wildman–Crippen MR) is 80.4 cm³/mol. The van der Waals surface area contributed by atoms with Crippen LogP contribution in [-0.2, 0) is 14.4 Å². The Balaban J connectivity index is 2.97. The van der Waals surface area contributed by atoms with E-state index in [-0.39, 0.29) is 11.7 Å². The van der Waals surface area contributed by atoms with Crippen molar-refractivity contribution in [1.29, 1.82) is 0 Å². The van der Waals surface area contributed by atoms with Crippen LogP contribution in [-0.4, -0.2) is 45.5 Å². The minimum absolute atomic E-state index is 0.0919. The summed E-state index contributed by atoms with van der Waals surface area (Å²) in [6.07, 6.45) is 0. The van der Waals surface area contributed by atoms with Gasteiger partial charge in [-0.15, -0.1) is 0 Å². The van der Waals surface area contributed by atoms with Crippen molar-refractivity contribution in [2.24, 2.45) is 5.92 Å². The zero-order valence-electron chi connectivity index (χ0n) is 12.7. The highest BCUT2D eigenvalue weighted by Crippen LogP contribution is 2.18. The van der Waals surface area contributed by atoms with Crippen LogP contribution in [0.1, 0.15) is 20.8 Å². The first-order valence-corrected chi connectivity index (χ1v) is 6.81. The number of nitrogens with zero attached hydrogens (tertiary/aromatic N) is 1. The van der Waals surface area contributed by atoms with Gasteiger partial charge in [-0.1, -0.05) is 13.8 Å². The van der Waals surface area contributed by atoms with Gasteiger partial charge >= 0.3 is 5.97 Å². The Labute approximate surface area is 128 Å². The molecule has 0 aliphatic rings. The van der Waals surface area contributed by atoms with E-state index in [0.717, 1.165) is 6.92 Å². The maximum Gasteiger partial charge on any atom is 0.323 e. The van der Waals surface area contributed by atoms with E-state index >= 15 is 0 Å². The number of amides is 2. The summed E-state index contributed by atoms with van der Waals surface area (Å²) in [5.41, 5.74) is 0.587. The van der Waals surface area contributed by atoms with E-state index in [0.29, 0.717) is 10.6 Å². The number of carbonyl (C=O) groups is 3. The van der Waals surface area contributed by atoms with E-state index in [2.05, 4.69) is 5.32 Å². The van der Waals surface area contributed by atoms with Crippen molar-refractivity contribution in [3.8, 4) is 5.75 Å². The van der Waals surface area contributed by atoms with Gasteiger partial charge in [-0.2, -0.15) is 0 Å². The molecule has 7 heteroatoms. The lowest BCUT2D eigenvalue weighted by molar-refractivity contribution is -0.152. The second-order valence-electron chi connectivity index (χ2n) is 5.25. The Morgan fingerprint density at radius 1 is 1.18 bits per heavy atom. The van der Waals surface area contributed by atoms with Crippen LogP contribution in [0.2, 0.25) is 0 Å². The molecule has 0 spiro atoms. The second kappa shape index (κ2) is 7.44. The molecule has 1 rings (SSSR count). The van der Waals surface area contributed by atoms with Crippen LogP contribution in [0.5, 0.6) is 5.75 Å². The Morgan fingerprint density at radius 3 is 2.14 bits per heavy atom. The number of aliphatic carboxylic acids is 1. The van der Waals surface area contributed by atoms with Crippen molar-refractivity contribution in [3.63, 3.8) is 0 Å². The molecule has 0 saturated heterocycles. The van der Waals surface area contributed by atoms with E-state index in [4.69, 9.17) is 5.11 Å². The Bertz CT molecular complexity index is 554. The van der Waals surface area contributed by atoms with Crippen LogP contribution in [0.15, 0.2) is 24.3 Å². The molecule has 1 atom stereocenters. The number of anilines is 1. The highest BCUT2D eigenvalue weighted by molar-refractivity contribution is 6.00. The van der Waals surface area contributed by atoms with E-state index in [1.807, 2.05) is 0 Å². The van der Waals surface area contributed by atoms with Gasteiger partial charge in [0.25, 0.3) is 5.91 Å². The molecule has 0 aliphatic heterocycles. The Hall–Kier alpha value is -2.57. The lowest BCUT2D eigenvalue weighted by Gasteiger charge is -2.27. The lowest BCUT2D eigenvalue weighted by Crippen LogP contribution is -2.49. The average Bonchev–Trinajstić information content (AvgIpc) is 2.42. The normalized spacial score (nSPS) is 11.8. The molecule has 1 aromatic rings. The van der Waals surface area contributed by atoms with Crippen LogP contribution in [0.25, 0.3) is 0 Å². The summed E-state index contributed by atoms with van der Waals surface area (Å²) in [5, 5.41) is 21.1. The van der Waals surface area contributed by atoms with Gasteiger partial charge in [0, 0.05) is 12.6 Å². The van der Waals surface area contributed by atoms with Crippen molar-refractivity contribution < 1.29 is 24.6 Å². The van der Waals surface area contributed by atoms with Gasteiger partial charge in [-0.3, -0.25) is 19.3 Å². The Kier molecular flexibility index (Phi) is 5.91. The van der Waals surface area contributed by atoms with Gasteiger partial charge in [-0.05, 0) is 30.2 Å². The topological polar surface area (TPSA) is 107 Å². The molecule has 2 amide bonds. The third-order valence-electron chi connectivity index (χ3n) is 3.06. The first-order valence-electron chi connectivity index (χ1n) is 6.81.